The lowest BCUT2D eigenvalue weighted by Gasteiger charge is -2.26. The van der Waals surface area contributed by atoms with Crippen LogP contribution >= 0.6 is 0 Å². The van der Waals surface area contributed by atoms with Crippen molar-refractivity contribution in [1.82, 2.24) is 0 Å². The number of rotatable bonds is 6. The lowest BCUT2D eigenvalue weighted by atomic mass is 9.79. The molecule has 5 rings (SSSR count). The van der Waals surface area contributed by atoms with Crippen molar-refractivity contribution in [3.63, 3.8) is 0 Å². The lowest BCUT2D eigenvalue weighted by molar-refractivity contribution is 0.454. The second-order valence-electron chi connectivity index (χ2n) is 10.6. The molecule has 4 N–H and O–H groups in total. The van der Waals surface area contributed by atoms with Gasteiger partial charge in [-0.3, -0.25) is 0 Å². The minimum Gasteiger partial charge on any atom is -0.507 e. The summed E-state index contributed by atoms with van der Waals surface area (Å²) in [7, 11) is 0. The molecule has 0 saturated heterocycles. The van der Waals surface area contributed by atoms with Crippen LogP contribution in [0.25, 0.3) is 0 Å². The summed E-state index contributed by atoms with van der Waals surface area (Å²) in [6, 6.07) is 30.6. The number of aryl methyl sites for hydroxylation is 4. The third-order valence-electron chi connectivity index (χ3n) is 7.90. The molecular weight excluding hydrogens is 496 g/mol. The Hall–Kier alpha value is -4.70. The predicted molar refractivity (Wildman–Crippen MR) is 160 cm³/mol. The summed E-state index contributed by atoms with van der Waals surface area (Å²) in [5, 5.41) is 44.7. The molecule has 40 heavy (non-hydrogen) atoms. The summed E-state index contributed by atoms with van der Waals surface area (Å²) in [4.78, 5) is 0. The van der Waals surface area contributed by atoms with Crippen LogP contribution in [0, 0.1) is 27.7 Å². The molecule has 0 atom stereocenters. The zero-order valence-corrected chi connectivity index (χ0v) is 23.2. The standard InChI is InChI=1S/C36H34O4/c1-21-10-5-16-27(33(21)37)31(28-17-6-11-22(2)34(28)38)25-14-9-15-26(20-25)32(29-18-7-12-23(3)35(29)39)30-19-8-13-24(4)36(30)40/h5-20,31-32,37-40H,1-4H3. The van der Waals surface area contributed by atoms with E-state index in [1.54, 1.807) is 0 Å². The molecule has 4 nitrogen and oxygen atoms in total. The van der Waals surface area contributed by atoms with Gasteiger partial charge in [0.1, 0.15) is 23.0 Å². The Morgan fingerprint density at radius 1 is 0.375 bits per heavy atom. The molecule has 0 aliphatic rings. The van der Waals surface area contributed by atoms with E-state index in [1.807, 2.05) is 125 Å². The van der Waals surface area contributed by atoms with E-state index in [1.165, 1.54) is 0 Å². The first-order chi connectivity index (χ1) is 19.2. The van der Waals surface area contributed by atoms with Crippen molar-refractivity contribution in [3.8, 4) is 23.0 Å². The second-order valence-corrected chi connectivity index (χ2v) is 10.6. The van der Waals surface area contributed by atoms with E-state index in [0.29, 0.717) is 22.3 Å². The number of phenolic OH excluding ortho intramolecular Hbond substituents is 4. The van der Waals surface area contributed by atoms with Crippen LogP contribution in [0.3, 0.4) is 0 Å². The summed E-state index contributed by atoms with van der Waals surface area (Å²) in [6.45, 7) is 7.44. The monoisotopic (exact) mass is 530 g/mol. The molecule has 0 unspecified atom stereocenters. The number of aromatic hydroxyl groups is 4. The first-order valence-corrected chi connectivity index (χ1v) is 13.4. The maximum atomic E-state index is 11.2. The summed E-state index contributed by atoms with van der Waals surface area (Å²) < 4.78 is 0. The molecule has 0 fully saturated rings. The summed E-state index contributed by atoms with van der Waals surface area (Å²) in [5.74, 6) is -0.188. The Morgan fingerprint density at radius 3 is 0.900 bits per heavy atom. The smallest absolute Gasteiger partial charge is 0.122 e. The largest absolute Gasteiger partial charge is 0.507 e. The maximum Gasteiger partial charge on any atom is 0.122 e. The Balaban J connectivity index is 1.78. The van der Waals surface area contributed by atoms with Gasteiger partial charge in [0.15, 0.2) is 0 Å². The Bertz CT molecular complexity index is 1480. The van der Waals surface area contributed by atoms with Crippen LogP contribution in [0.5, 0.6) is 23.0 Å². The zero-order chi connectivity index (χ0) is 28.6. The van der Waals surface area contributed by atoms with Gasteiger partial charge >= 0.3 is 0 Å². The number of phenols is 4. The molecule has 0 amide bonds. The van der Waals surface area contributed by atoms with Gasteiger partial charge in [0.2, 0.25) is 0 Å². The molecule has 0 spiro atoms. The van der Waals surface area contributed by atoms with Gasteiger partial charge in [-0.1, -0.05) is 97.1 Å². The molecule has 0 radical (unpaired) electrons. The minimum absolute atomic E-state index is 0.183. The first kappa shape index (κ1) is 26.9. The summed E-state index contributed by atoms with van der Waals surface area (Å²) in [6.07, 6.45) is 0. The highest BCUT2D eigenvalue weighted by atomic mass is 16.3. The Morgan fingerprint density at radius 2 is 0.625 bits per heavy atom. The summed E-state index contributed by atoms with van der Waals surface area (Å²) >= 11 is 0. The van der Waals surface area contributed by atoms with Crippen LogP contribution in [-0.2, 0) is 0 Å². The van der Waals surface area contributed by atoms with Gasteiger partial charge in [-0.2, -0.15) is 0 Å². The zero-order valence-electron chi connectivity index (χ0n) is 23.2. The van der Waals surface area contributed by atoms with Crippen LogP contribution in [-0.4, -0.2) is 20.4 Å². The molecule has 0 aliphatic heterocycles. The molecule has 5 aromatic rings. The first-order valence-electron chi connectivity index (χ1n) is 13.4. The molecular formula is C36H34O4. The predicted octanol–water partition coefficient (Wildman–Crippen LogP) is 8.10. The van der Waals surface area contributed by atoms with E-state index < -0.39 is 11.8 Å². The summed E-state index contributed by atoms with van der Waals surface area (Å²) in [5.41, 5.74) is 7.47. The van der Waals surface area contributed by atoms with Crippen LogP contribution in [0.2, 0.25) is 0 Å². The second kappa shape index (κ2) is 10.8. The van der Waals surface area contributed by atoms with E-state index in [0.717, 1.165) is 33.4 Å². The van der Waals surface area contributed by atoms with Crippen molar-refractivity contribution >= 4 is 0 Å². The van der Waals surface area contributed by atoms with Gasteiger partial charge in [-0.15, -0.1) is 0 Å². The highest BCUT2D eigenvalue weighted by Gasteiger charge is 2.28. The molecule has 0 bridgehead atoms. The van der Waals surface area contributed by atoms with Gasteiger partial charge in [-0.05, 0) is 61.1 Å². The van der Waals surface area contributed by atoms with Crippen molar-refractivity contribution in [2.24, 2.45) is 0 Å². The van der Waals surface area contributed by atoms with Crippen LogP contribution < -0.4 is 0 Å². The molecule has 0 saturated carbocycles. The normalized spacial score (nSPS) is 11.3. The number of para-hydroxylation sites is 4. The van der Waals surface area contributed by atoms with E-state index in [2.05, 4.69) is 0 Å². The number of benzene rings is 5. The van der Waals surface area contributed by atoms with Crippen molar-refractivity contribution in [1.29, 1.82) is 0 Å². The number of hydrogen-bond acceptors (Lipinski definition) is 4. The van der Waals surface area contributed by atoms with Gasteiger partial charge in [-0.25, -0.2) is 0 Å². The average molecular weight is 531 g/mol. The molecule has 0 aliphatic carbocycles. The van der Waals surface area contributed by atoms with E-state index >= 15 is 0 Å². The third kappa shape index (κ3) is 4.77. The van der Waals surface area contributed by atoms with Gasteiger partial charge in [0.25, 0.3) is 0 Å². The van der Waals surface area contributed by atoms with Crippen LogP contribution in [0.15, 0.2) is 97.1 Å². The fraction of sp³-hybridized carbons (Fsp3) is 0.167. The Labute approximate surface area is 235 Å². The van der Waals surface area contributed by atoms with Gasteiger partial charge in [0, 0.05) is 34.1 Å². The Kier molecular flexibility index (Phi) is 7.27. The maximum absolute atomic E-state index is 11.2. The van der Waals surface area contributed by atoms with Crippen LogP contribution in [0.4, 0.5) is 0 Å². The molecule has 0 aromatic heterocycles. The SMILES string of the molecule is Cc1cccc(C(c2cccc(C(c3cccc(C)c3O)c3cccc(C)c3O)c2)c2cccc(C)c2O)c1O. The molecule has 4 heteroatoms. The van der Waals surface area contributed by atoms with Crippen molar-refractivity contribution in [2.75, 3.05) is 0 Å². The topological polar surface area (TPSA) is 80.9 Å². The highest BCUT2D eigenvalue weighted by Crippen LogP contribution is 2.46. The molecule has 5 aromatic carbocycles. The number of hydrogen-bond donors (Lipinski definition) is 4. The highest BCUT2D eigenvalue weighted by molar-refractivity contribution is 5.59. The van der Waals surface area contributed by atoms with E-state index in [-0.39, 0.29) is 23.0 Å². The minimum atomic E-state index is -0.461. The van der Waals surface area contributed by atoms with Crippen molar-refractivity contribution in [2.45, 2.75) is 39.5 Å². The fourth-order valence-electron chi connectivity index (χ4n) is 5.63. The van der Waals surface area contributed by atoms with Gasteiger partial charge < -0.3 is 20.4 Å². The lowest BCUT2D eigenvalue weighted by Crippen LogP contribution is -2.09. The quantitative estimate of drug-likeness (QED) is 0.167. The van der Waals surface area contributed by atoms with Crippen LogP contribution in [0.1, 0.15) is 67.5 Å². The van der Waals surface area contributed by atoms with Crippen molar-refractivity contribution in [3.05, 3.63) is 153 Å². The van der Waals surface area contributed by atoms with Crippen molar-refractivity contribution < 1.29 is 20.4 Å². The third-order valence-corrected chi connectivity index (χ3v) is 7.90. The molecule has 202 valence electrons. The average Bonchev–Trinajstić information content (AvgIpc) is 2.94. The van der Waals surface area contributed by atoms with E-state index in [9.17, 15) is 20.4 Å². The van der Waals surface area contributed by atoms with Gasteiger partial charge in [0.05, 0.1) is 0 Å². The van der Waals surface area contributed by atoms with E-state index in [4.69, 9.17) is 0 Å². The molecule has 0 heterocycles. The fourth-order valence-corrected chi connectivity index (χ4v) is 5.63.